The molecule has 0 radical (unpaired) electrons. The zero-order valence-corrected chi connectivity index (χ0v) is 10.1. The van der Waals surface area contributed by atoms with Gasteiger partial charge in [-0.3, -0.25) is 4.55 Å². The van der Waals surface area contributed by atoms with Crippen LogP contribution in [0.5, 0.6) is 0 Å². The van der Waals surface area contributed by atoms with Gasteiger partial charge in [0.05, 0.1) is 4.90 Å². The minimum atomic E-state index is -4.11. The number of rotatable bonds is 3. The molecule has 0 heterocycles. The Hall–Kier alpha value is -0.390. The lowest BCUT2D eigenvalue weighted by molar-refractivity contribution is 0.482. The van der Waals surface area contributed by atoms with Gasteiger partial charge < -0.3 is 0 Å². The van der Waals surface area contributed by atoms with Crippen LogP contribution in [0, 0.1) is 0 Å². The monoisotopic (exact) mass is 278 g/mol. The van der Waals surface area contributed by atoms with Gasteiger partial charge in [-0.25, -0.2) is 0 Å². The van der Waals surface area contributed by atoms with E-state index in [2.05, 4.69) is 15.9 Å². The van der Waals surface area contributed by atoms with Crippen molar-refractivity contribution in [1.29, 1.82) is 0 Å². The highest BCUT2D eigenvalue weighted by Gasteiger charge is 2.16. The van der Waals surface area contributed by atoms with Gasteiger partial charge in [-0.05, 0) is 24.1 Å². The summed E-state index contributed by atoms with van der Waals surface area (Å²) in [5, 5.41) is 0. The number of halogens is 1. The molecule has 0 saturated carbocycles. The molecule has 0 spiro atoms. The molecule has 14 heavy (non-hydrogen) atoms. The predicted molar refractivity (Wildman–Crippen MR) is 58.0 cm³/mol. The maximum atomic E-state index is 11.0. The molecule has 0 aliphatic heterocycles. The molecule has 0 fully saturated rings. The Morgan fingerprint density at radius 1 is 1.43 bits per heavy atom. The van der Waals surface area contributed by atoms with Crippen molar-refractivity contribution in [2.24, 2.45) is 0 Å². The highest BCUT2D eigenvalue weighted by Crippen LogP contribution is 2.25. The molecular weight excluding hydrogens is 268 g/mol. The van der Waals surface area contributed by atoms with E-state index in [1.807, 2.05) is 6.92 Å². The van der Waals surface area contributed by atoms with Gasteiger partial charge in [0.15, 0.2) is 0 Å². The molecule has 0 unspecified atom stereocenters. The quantitative estimate of drug-likeness (QED) is 0.865. The largest absolute Gasteiger partial charge is 0.294 e. The minimum Gasteiger partial charge on any atom is -0.282 e. The van der Waals surface area contributed by atoms with E-state index in [0.29, 0.717) is 12.0 Å². The van der Waals surface area contributed by atoms with Crippen molar-refractivity contribution < 1.29 is 13.0 Å². The van der Waals surface area contributed by atoms with Crippen molar-refractivity contribution in [1.82, 2.24) is 0 Å². The zero-order valence-electron chi connectivity index (χ0n) is 7.70. The van der Waals surface area contributed by atoms with Gasteiger partial charge in [0.1, 0.15) is 0 Å². The van der Waals surface area contributed by atoms with Crippen molar-refractivity contribution in [2.45, 2.75) is 24.7 Å². The van der Waals surface area contributed by atoms with Gasteiger partial charge in [-0.15, -0.1) is 0 Å². The van der Waals surface area contributed by atoms with E-state index in [0.717, 1.165) is 10.9 Å². The Balaban J connectivity index is 3.36. The van der Waals surface area contributed by atoms with E-state index >= 15 is 0 Å². The van der Waals surface area contributed by atoms with Crippen LogP contribution in [0.25, 0.3) is 0 Å². The number of hydrogen-bond donors (Lipinski definition) is 1. The van der Waals surface area contributed by atoms with Crippen LogP contribution in [-0.2, 0) is 16.5 Å². The second-order valence-corrected chi connectivity index (χ2v) is 5.19. The summed E-state index contributed by atoms with van der Waals surface area (Å²) < 4.78 is 31.7. The van der Waals surface area contributed by atoms with Gasteiger partial charge in [-0.2, -0.15) is 8.42 Å². The first-order valence-corrected chi connectivity index (χ1v) is 6.45. The van der Waals surface area contributed by atoms with E-state index in [4.69, 9.17) is 4.55 Å². The number of hydrogen-bond acceptors (Lipinski definition) is 2. The highest BCUT2D eigenvalue weighted by molar-refractivity contribution is 9.10. The maximum absolute atomic E-state index is 11.0. The van der Waals surface area contributed by atoms with E-state index in [1.165, 1.54) is 6.07 Å². The second-order valence-electron chi connectivity index (χ2n) is 2.94. The lowest BCUT2D eigenvalue weighted by atomic mass is 10.1. The average molecular weight is 279 g/mol. The molecule has 0 bridgehead atoms. The van der Waals surface area contributed by atoms with Crippen LogP contribution in [0.3, 0.4) is 0 Å². The van der Waals surface area contributed by atoms with E-state index in [1.54, 1.807) is 12.1 Å². The molecule has 78 valence electrons. The van der Waals surface area contributed by atoms with E-state index < -0.39 is 10.1 Å². The van der Waals surface area contributed by atoms with Gasteiger partial charge >= 0.3 is 0 Å². The fourth-order valence-electron chi connectivity index (χ4n) is 1.27. The molecule has 1 aromatic rings. The van der Waals surface area contributed by atoms with Gasteiger partial charge in [0.2, 0.25) is 0 Å². The Kier molecular flexibility index (Phi) is 3.69. The molecule has 0 amide bonds. The molecule has 1 N–H and O–H groups in total. The van der Waals surface area contributed by atoms with Crippen molar-refractivity contribution >= 4 is 26.0 Å². The van der Waals surface area contributed by atoms with Crippen LogP contribution in [0.1, 0.15) is 18.9 Å². The number of benzene rings is 1. The highest BCUT2D eigenvalue weighted by atomic mass is 79.9. The normalized spacial score (nSPS) is 11.6. The summed E-state index contributed by atoms with van der Waals surface area (Å²) in [5.41, 5.74) is 0.637. The molecule has 3 nitrogen and oxygen atoms in total. The molecular formula is C9H11BrO3S. The van der Waals surface area contributed by atoms with E-state index in [-0.39, 0.29) is 4.90 Å². The standard InChI is InChI=1S/C9H11BrO3S/c1-2-4-7-8(10)5-3-6-9(7)14(11,12)13/h3,5-6H,2,4H2,1H3,(H,11,12,13). The Morgan fingerprint density at radius 3 is 2.57 bits per heavy atom. The van der Waals surface area contributed by atoms with Crippen LogP contribution >= 0.6 is 15.9 Å². The lowest BCUT2D eigenvalue weighted by Gasteiger charge is -2.07. The van der Waals surface area contributed by atoms with Crippen LogP contribution in [0.15, 0.2) is 27.6 Å². The summed E-state index contributed by atoms with van der Waals surface area (Å²) in [6.07, 6.45) is 1.45. The fourth-order valence-corrected chi connectivity index (χ4v) is 2.74. The van der Waals surface area contributed by atoms with Crippen molar-refractivity contribution in [3.05, 3.63) is 28.2 Å². The van der Waals surface area contributed by atoms with Crippen LogP contribution in [0.2, 0.25) is 0 Å². The average Bonchev–Trinajstić information content (AvgIpc) is 2.07. The molecule has 0 aliphatic rings. The van der Waals surface area contributed by atoms with E-state index in [9.17, 15) is 8.42 Å². The summed E-state index contributed by atoms with van der Waals surface area (Å²) in [6, 6.07) is 4.76. The van der Waals surface area contributed by atoms with Crippen LogP contribution in [-0.4, -0.2) is 13.0 Å². The second kappa shape index (κ2) is 4.42. The fraction of sp³-hybridized carbons (Fsp3) is 0.333. The molecule has 1 aromatic carbocycles. The smallest absolute Gasteiger partial charge is 0.282 e. The summed E-state index contributed by atoms with van der Waals surface area (Å²) in [6.45, 7) is 1.95. The van der Waals surface area contributed by atoms with Gasteiger partial charge in [0.25, 0.3) is 10.1 Å². The van der Waals surface area contributed by atoms with Crippen molar-refractivity contribution in [3.8, 4) is 0 Å². The van der Waals surface area contributed by atoms with Crippen LogP contribution in [0.4, 0.5) is 0 Å². The first-order valence-electron chi connectivity index (χ1n) is 4.21. The zero-order chi connectivity index (χ0) is 10.8. The van der Waals surface area contributed by atoms with Crippen molar-refractivity contribution in [2.75, 3.05) is 0 Å². The van der Waals surface area contributed by atoms with Gasteiger partial charge in [0, 0.05) is 4.47 Å². The van der Waals surface area contributed by atoms with Crippen LogP contribution < -0.4 is 0 Å². The van der Waals surface area contributed by atoms with Crippen molar-refractivity contribution in [3.63, 3.8) is 0 Å². The molecule has 0 atom stereocenters. The van der Waals surface area contributed by atoms with Gasteiger partial charge in [-0.1, -0.05) is 35.3 Å². The summed E-state index contributed by atoms with van der Waals surface area (Å²) in [5.74, 6) is 0. The third kappa shape index (κ3) is 2.56. The summed E-state index contributed by atoms with van der Waals surface area (Å²) in [7, 11) is -4.11. The SMILES string of the molecule is CCCc1c(Br)cccc1S(=O)(=O)O. The first kappa shape index (κ1) is 11.7. The minimum absolute atomic E-state index is 0.00581. The Labute approximate surface area is 92.0 Å². The Morgan fingerprint density at radius 2 is 2.07 bits per heavy atom. The molecule has 5 heteroatoms. The molecule has 0 aromatic heterocycles. The third-order valence-corrected chi connectivity index (χ3v) is 3.54. The summed E-state index contributed by atoms with van der Waals surface area (Å²) >= 11 is 3.27. The lowest BCUT2D eigenvalue weighted by Crippen LogP contribution is -2.03. The summed E-state index contributed by atoms with van der Waals surface area (Å²) in [4.78, 5) is -0.00581. The molecule has 0 saturated heterocycles. The molecule has 1 rings (SSSR count). The third-order valence-electron chi connectivity index (χ3n) is 1.85. The maximum Gasteiger partial charge on any atom is 0.294 e. The first-order chi connectivity index (χ1) is 6.46. The molecule has 0 aliphatic carbocycles. The topological polar surface area (TPSA) is 54.4 Å². The Bertz CT molecular complexity index is 426. The predicted octanol–water partition coefficient (Wildman–Crippen LogP) is 2.65.